The molecule has 2 N–H and O–H groups in total. The van der Waals surface area contributed by atoms with Crippen LogP contribution in [0.2, 0.25) is 0 Å². The second-order valence-corrected chi connectivity index (χ2v) is 6.82. The van der Waals surface area contributed by atoms with Gasteiger partial charge in [-0.1, -0.05) is 20.8 Å². The third-order valence-corrected chi connectivity index (χ3v) is 4.17. The summed E-state index contributed by atoms with van der Waals surface area (Å²) in [6, 6.07) is 0.526. The minimum absolute atomic E-state index is 0.0236. The lowest BCUT2D eigenvalue weighted by atomic mass is 9.96. The third kappa shape index (κ3) is 3.87. The van der Waals surface area contributed by atoms with E-state index in [9.17, 15) is 0 Å². The zero-order valence-electron chi connectivity index (χ0n) is 12.0. The Bertz CT molecular complexity index is 394. The van der Waals surface area contributed by atoms with Gasteiger partial charge in [0, 0.05) is 42.6 Å². The van der Waals surface area contributed by atoms with Gasteiger partial charge in [0.25, 0.3) is 0 Å². The molecule has 0 radical (unpaired) electrons. The molecule has 0 bridgehead atoms. The highest BCUT2D eigenvalue weighted by atomic mass is 32.1. The number of nitrogens with one attached hydrogen (secondary N) is 1. The molecule has 1 fully saturated rings. The van der Waals surface area contributed by atoms with Gasteiger partial charge in [0.2, 0.25) is 5.13 Å². The number of aliphatic hydroxyl groups excluding tert-OH is 1. The number of aromatic nitrogens is 2. The smallest absolute Gasteiger partial charge is 0.205 e. The van der Waals surface area contributed by atoms with E-state index in [-0.39, 0.29) is 12.0 Å². The molecule has 0 atom stereocenters. The van der Waals surface area contributed by atoms with Crippen molar-refractivity contribution >= 4 is 16.7 Å². The van der Waals surface area contributed by atoms with Crippen molar-refractivity contribution in [3.63, 3.8) is 0 Å². The molecule has 0 aliphatic carbocycles. The first-order valence-electron chi connectivity index (χ1n) is 6.94. The molecular formula is C13H24N4OS. The molecule has 1 aromatic heterocycles. The molecule has 0 saturated carbocycles. The minimum Gasteiger partial charge on any atom is -0.395 e. The summed E-state index contributed by atoms with van der Waals surface area (Å²) in [5.74, 6) is 0.938. The molecule has 0 aromatic carbocycles. The zero-order chi connectivity index (χ0) is 13.9. The Morgan fingerprint density at radius 2 is 2.05 bits per heavy atom. The Balaban J connectivity index is 1.89. The van der Waals surface area contributed by atoms with Gasteiger partial charge in [-0.2, -0.15) is 4.37 Å². The molecule has 2 rings (SSSR count). The molecule has 0 unspecified atom stereocenters. The van der Waals surface area contributed by atoms with Crippen molar-refractivity contribution in [2.75, 3.05) is 31.1 Å². The fourth-order valence-corrected chi connectivity index (χ4v) is 3.10. The fourth-order valence-electron chi connectivity index (χ4n) is 2.19. The highest BCUT2D eigenvalue weighted by Gasteiger charge is 2.24. The van der Waals surface area contributed by atoms with Crippen LogP contribution in [0.5, 0.6) is 0 Å². The summed E-state index contributed by atoms with van der Waals surface area (Å²) in [7, 11) is 0. The summed E-state index contributed by atoms with van der Waals surface area (Å²) < 4.78 is 4.47. The number of hydrogen-bond donors (Lipinski definition) is 2. The standard InChI is InChI=1S/C13H24N4OS/c1-13(2,3)11-15-12(19-16-11)17-7-4-10(5-8-17)14-6-9-18/h10,14,18H,4-9H2,1-3H3. The highest BCUT2D eigenvalue weighted by molar-refractivity contribution is 7.09. The number of hydrogen-bond acceptors (Lipinski definition) is 6. The Kier molecular flexibility index (Phi) is 4.76. The topological polar surface area (TPSA) is 61.3 Å². The summed E-state index contributed by atoms with van der Waals surface area (Å²) in [4.78, 5) is 6.99. The van der Waals surface area contributed by atoms with Crippen LogP contribution < -0.4 is 10.2 Å². The average Bonchev–Trinajstić information content (AvgIpc) is 2.86. The van der Waals surface area contributed by atoms with Crippen LogP contribution in [-0.2, 0) is 5.41 Å². The van der Waals surface area contributed by atoms with Crippen LogP contribution >= 0.6 is 11.5 Å². The van der Waals surface area contributed by atoms with Gasteiger partial charge in [-0.25, -0.2) is 4.98 Å². The van der Waals surface area contributed by atoms with Gasteiger partial charge in [0.05, 0.1) is 6.61 Å². The van der Waals surface area contributed by atoms with E-state index in [1.807, 2.05) is 0 Å². The Morgan fingerprint density at radius 3 is 2.58 bits per heavy atom. The number of anilines is 1. The van der Waals surface area contributed by atoms with Crippen molar-refractivity contribution in [1.29, 1.82) is 0 Å². The van der Waals surface area contributed by atoms with Crippen LogP contribution in [0.3, 0.4) is 0 Å². The monoisotopic (exact) mass is 284 g/mol. The van der Waals surface area contributed by atoms with E-state index in [0.717, 1.165) is 36.9 Å². The number of rotatable bonds is 4. The maximum atomic E-state index is 8.82. The molecule has 5 nitrogen and oxygen atoms in total. The van der Waals surface area contributed by atoms with E-state index in [4.69, 9.17) is 5.11 Å². The second-order valence-electron chi connectivity index (χ2n) is 6.09. The summed E-state index contributed by atoms with van der Waals surface area (Å²) in [5.41, 5.74) is 0.0236. The number of aliphatic hydroxyl groups is 1. The maximum absolute atomic E-state index is 8.82. The zero-order valence-corrected chi connectivity index (χ0v) is 12.8. The van der Waals surface area contributed by atoms with Crippen LogP contribution in [0.1, 0.15) is 39.4 Å². The highest BCUT2D eigenvalue weighted by Crippen LogP contribution is 2.27. The van der Waals surface area contributed by atoms with Gasteiger partial charge in [0.1, 0.15) is 5.82 Å². The average molecular weight is 284 g/mol. The fraction of sp³-hybridized carbons (Fsp3) is 0.846. The quantitative estimate of drug-likeness (QED) is 0.875. The minimum atomic E-state index is 0.0236. The van der Waals surface area contributed by atoms with Crippen molar-refractivity contribution in [3.05, 3.63) is 5.82 Å². The largest absolute Gasteiger partial charge is 0.395 e. The van der Waals surface area contributed by atoms with Crippen LogP contribution in [0.25, 0.3) is 0 Å². The van der Waals surface area contributed by atoms with Crippen molar-refractivity contribution < 1.29 is 5.11 Å². The Labute approximate surface area is 119 Å². The molecule has 108 valence electrons. The summed E-state index contributed by atoms with van der Waals surface area (Å²) >= 11 is 1.51. The molecule has 1 aliphatic heterocycles. The first-order valence-corrected chi connectivity index (χ1v) is 7.71. The molecule has 0 spiro atoms. The number of nitrogens with zero attached hydrogens (tertiary/aromatic N) is 3. The van der Waals surface area contributed by atoms with Gasteiger partial charge in [-0.05, 0) is 12.8 Å². The molecule has 1 saturated heterocycles. The van der Waals surface area contributed by atoms with Crippen LogP contribution in [0, 0.1) is 0 Å². The van der Waals surface area contributed by atoms with E-state index in [2.05, 4.69) is 40.3 Å². The first-order chi connectivity index (χ1) is 9.00. The maximum Gasteiger partial charge on any atom is 0.205 e. The SMILES string of the molecule is CC(C)(C)c1nsc(N2CCC(NCCO)CC2)n1. The molecule has 6 heteroatoms. The summed E-state index contributed by atoms with van der Waals surface area (Å²) in [6.45, 7) is 9.37. The van der Waals surface area contributed by atoms with E-state index in [0.29, 0.717) is 12.6 Å². The predicted molar refractivity (Wildman–Crippen MR) is 78.9 cm³/mol. The van der Waals surface area contributed by atoms with Crippen molar-refractivity contribution in [2.45, 2.75) is 45.1 Å². The predicted octanol–water partition coefficient (Wildman–Crippen LogP) is 1.39. The molecule has 2 heterocycles. The van der Waals surface area contributed by atoms with Gasteiger partial charge in [-0.3, -0.25) is 0 Å². The van der Waals surface area contributed by atoms with Gasteiger partial charge in [0.15, 0.2) is 0 Å². The molecular weight excluding hydrogens is 260 g/mol. The van der Waals surface area contributed by atoms with E-state index in [1.165, 1.54) is 11.5 Å². The van der Waals surface area contributed by atoms with Crippen molar-refractivity contribution in [1.82, 2.24) is 14.7 Å². The third-order valence-electron chi connectivity index (χ3n) is 3.40. The van der Waals surface area contributed by atoms with Gasteiger partial charge >= 0.3 is 0 Å². The lowest BCUT2D eigenvalue weighted by Crippen LogP contribution is -2.43. The second kappa shape index (κ2) is 6.15. The van der Waals surface area contributed by atoms with Crippen LogP contribution in [0.4, 0.5) is 5.13 Å². The first kappa shape index (κ1) is 14.7. The molecule has 0 amide bonds. The van der Waals surface area contributed by atoms with Crippen molar-refractivity contribution in [3.8, 4) is 0 Å². The van der Waals surface area contributed by atoms with Crippen LogP contribution in [0.15, 0.2) is 0 Å². The van der Waals surface area contributed by atoms with Crippen LogP contribution in [-0.4, -0.2) is 46.7 Å². The lowest BCUT2D eigenvalue weighted by molar-refractivity contribution is 0.277. The van der Waals surface area contributed by atoms with E-state index < -0.39 is 0 Å². The Morgan fingerprint density at radius 1 is 1.37 bits per heavy atom. The normalized spacial score (nSPS) is 18.0. The molecule has 1 aliphatic rings. The lowest BCUT2D eigenvalue weighted by Gasteiger charge is -2.31. The summed E-state index contributed by atoms with van der Waals surface area (Å²) in [6.07, 6.45) is 2.20. The molecule has 19 heavy (non-hydrogen) atoms. The van der Waals surface area contributed by atoms with E-state index in [1.54, 1.807) is 0 Å². The number of piperidine rings is 1. The van der Waals surface area contributed by atoms with Crippen molar-refractivity contribution in [2.24, 2.45) is 0 Å². The van der Waals surface area contributed by atoms with Gasteiger partial charge in [-0.15, -0.1) is 0 Å². The van der Waals surface area contributed by atoms with Gasteiger partial charge < -0.3 is 15.3 Å². The Hall–Kier alpha value is -0.720. The van der Waals surface area contributed by atoms with E-state index >= 15 is 0 Å². The molecule has 1 aromatic rings. The summed E-state index contributed by atoms with van der Waals surface area (Å²) in [5, 5.41) is 13.2.